The van der Waals surface area contributed by atoms with Crippen LogP contribution in [0.25, 0.3) is 10.8 Å². The number of piperidine rings is 1. The van der Waals surface area contributed by atoms with Crippen molar-refractivity contribution in [2.45, 2.75) is 89.4 Å². The third kappa shape index (κ3) is 7.11. The maximum absolute atomic E-state index is 14.4. The van der Waals surface area contributed by atoms with Crippen LogP contribution in [-0.4, -0.2) is 39.8 Å². The number of nitrogen functional groups attached to an aromatic ring is 1. The van der Waals surface area contributed by atoms with Crippen LogP contribution in [0.2, 0.25) is 0 Å². The van der Waals surface area contributed by atoms with E-state index in [1.165, 1.54) is 48.4 Å². The summed E-state index contributed by atoms with van der Waals surface area (Å²) in [6.45, 7) is 3.57. The van der Waals surface area contributed by atoms with E-state index in [2.05, 4.69) is 58.1 Å². The van der Waals surface area contributed by atoms with Crippen molar-refractivity contribution >= 4 is 53.2 Å². The first kappa shape index (κ1) is 33.0. The molecule has 0 bridgehead atoms. The second kappa shape index (κ2) is 14.3. The van der Waals surface area contributed by atoms with Gasteiger partial charge in [-0.25, -0.2) is 4.98 Å². The van der Waals surface area contributed by atoms with Gasteiger partial charge in [-0.1, -0.05) is 74.6 Å². The van der Waals surface area contributed by atoms with Gasteiger partial charge in [0.1, 0.15) is 11.4 Å². The lowest BCUT2D eigenvalue weighted by Gasteiger charge is -2.39. The molecule has 0 unspecified atom stereocenters. The highest BCUT2D eigenvalue weighted by Crippen LogP contribution is 2.54. The van der Waals surface area contributed by atoms with E-state index in [4.69, 9.17) is 5.73 Å². The molecule has 6 rings (SSSR count). The number of fused-ring (bicyclic) bond motifs is 2. The highest BCUT2D eigenvalue weighted by Gasteiger charge is 2.66. The Morgan fingerprint density at radius 3 is 2.51 bits per heavy atom. The number of halogens is 2. The predicted octanol–water partition coefficient (Wildman–Crippen LogP) is 6.10. The summed E-state index contributed by atoms with van der Waals surface area (Å²) in [4.78, 5) is 34.4. The summed E-state index contributed by atoms with van der Waals surface area (Å²) in [6, 6.07) is 18.3. The number of carbonyl (C=O) groups is 2. The quantitative estimate of drug-likeness (QED) is 0.267. The van der Waals surface area contributed by atoms with Crippen molar-refractivity contribution in [1.82, 2.24) is 20.5 Å². The van der Waals surface area contributed by atoms with Crippen LogP contribution < -0.4 is 16.4 Å². The monoisotopic (exact) mass is 625 g/mol. The van der Waals surface area contributed by atoms with Gasteiger partial charge in [0.05, 0.1) is 6.04 Å². The molecule has 4 N–H and O–H groups in total. The molecule has 3 aliphatic rings. The maximum Gasteiger partial charge on any atom is 0.246 e. The summed E-state index contributed by atoms with van der Waals surface area (Å²) in [5.74, 6) is 1.33. The minimum atomic E-state index is -0.722. The molecule has 1 aromatic heterocycles. The highest BCUT2D eigenvalue weighted by atomic mass is 35.5. The van der Waals surface area contributed by atoms with E-state index in [9.17, 15) is 9.59 Å². The fourth-order valence-electron chi connectivity index (χ4n) is 7.32. The lowest BCUT2D eigenvalue weighted by atomic mass is 9.84. The standard InChI is InChI=1S/C34H43N5O2.2ClH/c1-23-28(15-16-31(35)38-23)22-37-33(41)34-20-29(34)12-7-17-39(34)32(40)30(19-24-8-3-2-4-9-24)36-21-25-13-14-26-10-5-6-11-27(26)18-25;;/h5-6,10-11,13-16,18,24,29-30,36H,2-4,7-9,12,17,19-22H2,1H3,(H2,35,38)(H,37,41);2*1H/t29-,30-,34+;;/m1../s1. The fourth-order valence-corrected chi connectivity index (χ4v) is 7.32. The van der Waals surface area contributed by atoms with Crippen molar-refractivity contribution in [1.29, 1.82) is 0 Å². The van der Waals surface area contributed by atoms with Crippen LogP contribution in [-0.2, 0) is 22.7 Å². The number of benzene rings is 2. The summed E-state index contributed by atoms with van der Waals surface area (Å²) in [7, 11) is 0. The van der Waals surface area contributed by atoms with Crippen molar-refractivity contribution in [3.63, 3.8) is 0 Å². The Morgan fingerprint density at radius 1 is 0.977 bits per heavy atom. The normalized spacial score (nSPS) is 22.1. The number of aromatic nitrogens is 1. The van der Waals surface area contributed by atoms with Gasteiger partial charge in [-0.05, 0) is 78.5 Å². The Labute approximate surface area is 267 Å². The molecule has 0 spiro atoms. The van der Waals surface area contributed by atoms with E-state index in [0.29, 0.717) is 31.4 Å². The summed E-state index contributed by atoms with van der Waals surface area (Å²) in [6.07, 6.45) is 9.69. The van der Waals surface area contributed by atoms with Crippen LogP contribution in [0.1, 0.15) is 74.6 Å². The van der Waals surface area contributed by atoms with Crippen molar-refractivity contribution < 1.29 is 9.59 Å². The van der Waals surface area contributed by atoms with Crippen molar-refractivity contribution in [2.75, 3.05) is 12.3 Å². The molecule has 3 fully saturated rings. The first-order valence-corrected chi connectivity index (χ1v) is 15.5. The number of nitrogens with zero attached hydrogens (tertiary/aromatic N) is 2. The highest BCUT2D eigenvalue weighted by molar-refractivity contribution is 5.96. The average Bonchev–Trinajstić information content (AvgIpc) is 3.75. The molecule has 43 heavy (non-hydrogen) atoms. The van der Waals surface area contributed by atoms with Gasteiger partial charge in [-0.15, -0.1) is 24.8 Å². The number of amides is 2. The summed E-state index contributed by atoms with van der Waals surface area (Å²) in [5, 5.41) is 9.25. The number of nitrogens with one attached hydrogen (secondary N) is 2. The number of pyridine rings is 1. The van der Waals surface area contributed by atoms with Crippen LogP contribution in [0, 0.1) is 18.8 Å². The zero-order valence-corrected chi connectivity index (χ0v) is 26.7. The zero-order valence-electron chi connectivity index (χ0n) is 25.0. The number of rotatable bonds is 9. The topological polar surface area (TPSA) is 100 Å². The van der Waals surface area contributed by atoms with Gasteiger partial charge in [0.15, 0.2) is 0 Å². The SMILES string of the molecule is Cc1nc(N)ccc1CNC(=O)[C@]12C[C@H]1CCCN2C(=O)[C@@H](CC1CCCCC1)NCc1ccc2ccccc2c1.Cl.Cl. The van der Waals surface area contributed by atoms with Crippen molar-refractivity contribution in [2.24, 2.45) is 11.8 Å². The molecule has 3 atom stereocenters. The van der Waals surface area contributed by atoms with Gasteiger partial charge in [0.2, 0.25) is 11.8 Å². The van der Waals surface area contributed by atoms with E-state index >= 15 is 0 Å². The minimum Gasteiger partial charge on any atom is -0.384 e. The molecule has 2 saturated carbocycles. The number of hydrogen-bond acceptors (Lipinski definition) is 5. The maximum atomic E-state index is 14.4. The van der Waals surface area contributed by atoms with Gasteiger partial charge >= 0.3 is 0 Å². The van der Waals surface area contributed by atoms with E-state index in [-0.39, 0.29) is 48.6 Å². The molecule has 1 aliphatic heterocycles. The molecule has 2 amide bonds. The lowest BCUT2D eigenvalue weighted by Crippen LogP contribution is -2.59. The third-order valence-electron chi connectivity index (χ3n) is 9.76. The van der Waals surface area contributed by atoms with Crippen molar-refractivity contribution in [3.8, 4) is 0 Å². The van der Waals surface area contributed by atoms with Crippen LogP contribution >= 0.6 is 24.8 Å². The van der Waals surface area contributed by atoms with Crippen LogP contribution in [0.5, 0.6) is 0 Å². The molecule has 232 valence electrons. The Balaban J connectivity index is 0.00000212. The smallest absolute Gasteiger partial charge is 0.246 e. The number of anilines is 1. The minimum absolute atomic E-state index is 0. The van der Waals surface area contributed by atoms with E-state index in [1.54, 1.807) is 6.07 Å². The number of carbonyl (C=O) groups excluding carboxylic acids is 2. The molecular weight excluding hydrogens is 581 g/mol. The second-order valence-electron chi connectivity index (χ2n) is 12.5. The Bertz CT molecular complexity index is 1430. The molecule has 2 aliphatic carbocycles. The van der Waals surface area contributed by atoms with Crippen molar-refractivity contribution in [3.05, 3.63) is 71.4 Å². The van der Waals surface area contributed by atoms with E-state index in [1.807, 2.05) is 17.9 Å². The van der Waals surface area contributed by atoms with E-state index < -0.39 is 5.54 Å². The number of hydrogen-bond donors (Lipinski definition) is 3. The summed E-state index contributed by atoms with van der Waals surface area (Å²) < 4.78 is 0. The molecule has 1 saturated heterocycles. The van der Waals surface area contributed by atoms with Gasteiger partial charge in [0, 0.05) is 25.3 Å². The fraction of sp³-hybridized carbons (Fsp3) is 0.500. The molecule has 3 aromatic rings. The molecule has 2 aromatic carbocycles. The van der Waals surface area contributed by atoms with Gasteiger partial charge < -0.3 is 21.3 Å². The molecule has 2 heterocycles. The largest absolute Gasteiger partial charge is 0.384 e. The third-order valence-corrected chi connectivity index (χ3v) is 9.76. The van der Waals surface area contributed by atoms with Crippen LogP contribution in [0.4, 0.5) is 5.82 Å². The average molecular weight is 627 g/mol. The zero-order chi connectivity index (χ0) is 28.4. The summed E-state index contributed by atoms with van der Waals surface area (Å²) in [5.41, 5.74) is 8.03. The van der Waals surface area contributed by atoms with Gasteiger partial charge in [0.25, 0.3) is 0 Å². The van der Waals surface area contributed by atoms with Crippen LogP contribution in [0.15, 0.2) is 54.6 Å². The Morgan fingerprint density at radius 2 is 1.74 bits per heavy atom. The first-order valence-electron chi connectivity index (χ1n) is 15.5. The Kier molecular flexibility index (Phi) is 11.0. The number of likely N-dealkylation sites (tertiary alicyclic amines) is 1. The molecule has 0 radical (unpaired) electrons. The van der Waals surface area contributed by atoms with E-state index in [0.717, 1.165) is 36.9 Å². The molecule has 7 nitrogen and oxygen atoms in total. The molecule has 9 heteroatoms. The second-order valence-corrected chi connectivity index (χ2v) is 12.5. The number of nitrogens with two attached hydrogens (primary N) is 1. The first-order chi connectivity index (χ1) is 19.9. The van der Waals surface area contributed by atoms with Crippen LogP contribution in [0.3, 0.4) is 0 Å². The molecular formula is C34H45Cl2N5O2. The number of aryl methyl sites for hydroxylation is 1. The van der Waals surface area contributed by atoms with Gasteiger partial charge in [-0.2, -0.15) is 0 Å². The Hall–Kier alpha value is -2.87. The lowest BCUT2D eigenvalue weighted by molar-refractivity contribution is -0.146. The predicted molar refractivity (Wildman–Crippen MR) is 177 cm³/mol. The summed E-state index contributed by atoms with van der Waals surface area (Å²) >= 11 is 0. The van der Waals surface area contributed by atoms with Gasteiger partial charge in [-0.3, -0.25) is 9.59 Å².